The van der Waals surface area contributed by atoms with Gasteiger partial charge in [0, 0.05) is 19.2 Å². The zero-order chi connectivity index (χ0) is 17.7. The van der Waals surface area contributed by atoms with Crippen LogP contribution < -0.4 is 20.1 Å². The minimum atomic E-state index is 0. The van der Waals surface area contributed by atoms with Crippen LogP contribution in [0.25, 0.3) is 0 Å². The van der Waals surface area contributed by atoms with Crippen LogP contribution in [-0.4, -0.2) is 63.8 Å². The Hall–Kier alpha value is -1.22. The second-order valence-corrected chi connectivity index (χ2v) is 6.12. The summed E-state index contributed by atoms with van der Waals surface area (Å²) in [4.78, 5) is 7.16. The summed E-state index contributed by atoms with van der Waals surface area (Å²) in [6, 6.07) is 7.65. The monoisotopic (exact) mass is 476 g/mol. The van der Waals surface area contributed by atoms with E-state index in [1.807, 2.05) is 24.3 Å². The number of nitrogens with one attached hydrogen (secondary N) is 2. The normalized spacial score (nSPS) is 15.1. The zero-order valence-electron chi connectivity index (χ0n) is 16.0. The first-order valence-electron chi connectivity index (χ1n) is 9.33. The second kappa shape index (κ2) is 13.9. The summed E-state index contributed by atoms with van der Waals surface area (Å²) in [7, 11) is 1.66. The topological polar surface area (TPSA) is 58.1 Å². The molecular weight excluding hydrogens is 443 g/mol. The van der Waals surface area contributed by atoms with Gasteiger partial charge in [0.05, 0.1) is 20.2 Å². The number of piperidine rings is 1. The van der Waals surface area contributed by atoms with Crippen LogP contribution in [0, 0.1) is 0 Å². The van der Waals surface area contributed by atoms with E-state index in [1.165, 1.54) is 32.4 Å². The molecule has 6 nitrogen and oxygen atoms in total. The third kappa shape index (κ3) is 8.93. The molecule has 1 aromatic carbocycles. The number of likely N-dealkylation sites (tertiary alicyclic amines) is 1. The van der Waals surface area contributed by atoms with Crippen LogP contribution in [0.2, 0.25) is 0 Å². The van der Waals surface area contributed by atoms with Crippen molar-refractivity contribution in [3.63, 3.8) is 0 Å². The second-order valence-electron chi connectivity index (χ2n) is 6.12. The van der Waals surface area contributed by atoms with E-state index in [9.17, 15) is 0 Å². The summed E-state index contributed by atoms with van der Waals surface area (Å²) in [5.74, 6) is 2.47. The van der Waals surface area contributed by atoms with E-state index < -0.39 is 0 Å². The van der Waals surface area contributed by atoms with Crippen molar-refractivity contribution in [3.05, 3.63) is 24.3 Å². The van der Waals surface area contributed by atoms with Crippen LogP contribution in [0.5, 0.6) is 11.5 Å². The Morgan fingerprint density at radius 3 is 2.65 bits per heavy atom. The van der Waals surface area contributed by atoms with Gasteiger partial charge < -0.3 is 25.0 Å². The number of aliphatic imine (C=N–C) groups is 1. The van der Waals surface area contributed by atoms with Crippen molar-refractivity contribution in [1.29, 1.82) is 0 Å². The van der Waals surface area contributed by atoms with Gasteiger partial charge in [0.1, 0.15) is 18.1 Å². The van der Waals surface area contributed by atoms with Crippen LogP contribution in [0.1, 0.15) is 26.2 Å². The maximum atomic E-state index is 5.74. The molecule has 1 heterocycles. The molecule has 0 aromatic heterocycles. The van der Waals surface area contributed by atoms with Gasteiger partial charge in [-0.2, -0.15) is 0 Å². The predicted octanol–water partition coefficient (Wildman–Crippen LogP) is 2.73. The average molecular weight is 476 g/mol. The molecule has 0 aliphatic carbocycles. The summed E-state index contributed by atoms with van der Waals surface area (Å²) in [6.45, 7) is 8.50. The lowest BCUT2D eigenvalue weighted by Gasteiger charge is -2.25. The van der Waals surface area contributed by atoms with Gasteiger partial charge >= 0.3 is 0 Å². The summed E-state index contributed by atoms with van der Waals surface area (Å²) >= 11 is 0. The zero-order valence-corrected chi connectivity index (χ0v) is 18.3. The molecule has 148 valence electrons. The summed E-state index contributed by atoms with van der Waals surface area (Å²) in [5, 5.41) is 6.60. The molecule has 0 saturated carbocycles. The minimum Gasteiger partial charge on any atom is -0.497 e. The number of hydrogen-bond donors (Lipinski definition) is 2. The first-order chi connectivity index (χ1) is 12.3. The van der Waals surface area contributed by atoms with Crippen LogP contribution >= 0.6 is 24.0 Å². The van der Waals surface area contributed by atoms with Crippen molar-refractivity contribution in [2.75, 3.05) is 53.0 Å². The lowest BCUT2D eigenvalue weighted by Crippen LogP contribution is -2.40. The number of methoxy groups -OCH3 is 1. The molecule has 0 bridgehead atoms. The first kappa shape index (κ1) is 22.8. The third-order valence-electron chi connectivity index (χ3n) is 4.18. The fraction of sp³-hybridized carbons (Fsp3) is 0.632. The van der Waals surface area contributed by atoms with Gasteiger partial charge in [0.15, 0.2) is 5.96 Å². The Kier molecular flexibility index (Phi) is 12.2. The van der Waals surface area contributed by atoms with Crippen molar-refractivity contribution in [3.8, 4) is 11.5 Å². The SMILES string of the molecule is CCNC(=NCCN1CCCCC1)NCCOc1cccc(OC)c1.I. The Balaban J connectivity index is 0.00000338. The van der Waals surface area contributed by atoms with Gasteiger partial charge in [-0.15, -0.1) is 24.0 Å². The molecule has 7 heteroatoms. The van der Waals surface area contributed by atoms with Crippen molar-refractivity contribution in [2.24, 2.45) is 4.99 Å². The van der Waals surface area contributed by atoms with Crippen molar-refractivity contribution in [1.82, 2.24) is 15.5 Å². The van der Waals surface area contributed by atoms with Gasteiger partial charge in [0.25, 0.3) is 0 Å². The fourth-order valence-corrected chi connectivity index (χ4v) is 2.86. The van der Waals surface area contributed by atoms with E-state index in [4.69, 9.17) is 9.47 Å². The first-order valence-corrected chi connectivity index (χ1v) is 9.33. The van der Waals surface area contributed by atoms with Gasteiger partial charge in [0.2, 0.25) is 0 Å². The van der Waals surface area contributed by atoms with Crippen molar-refractivity contribution < 1.29 is 9.47 Å². The molecule has 0 spiro atoms. The van der Waals surface area contributed by atoms with E-state index in [0.717, 1.165) is 37.1 Å². The third-order valence-corrected chi connectivity index (χ3v) is 4.18. The maximum absolute atomic E-state index is 5.74. The van der Waals surface area contributed by atoms with E-state index >= 15 is 0 Å². The number of nitrogens with zero attached hydrogens (tertiary/aromatic N) is 2. The largest absolute Gasteiger partial charge is 0.497 e. The van der Waals surface area contributed by atoms with Crippen molar-refractivity contribution >= 4 is 29.9 Å². The van der Waals surface area contributed by atoms with Crippen LogP contribution in [0.15, 0.2) is 29.3 Å². The van der Waals surface area contributed by atoms with Gasteiger partial charge in [-0.25, -0.2) is 0 Å². The van der Waals surface area contributed by atoms with Crippen LogP contribution in [-0.2, 0) is 0 Å². The molecule has 1 fully saturated rings. The van der Waals surface area contributed by atoms with E-state index in [2.05, 4.69) is 27.4 Å². The smallest absolute Gasteiger partial charge is 0.191 e. The summed E-state index contributed by atoms with van der Waals surface area (Å²) in [5.41, 5.74) is 0. The van der Waals surface area contributed by atoms with E-state index in [0.29, 0.717) is 13.2 Å². The Bertz CT molecular complexity index is 522. The number of hydrogen-bond acceptors (Lipinski definition) is 4. The number of halogens is 1. The summed E-state index contributed by atoms with van der Waals surface area (Å²) < 4.78 is 10.9. The Morgan fingerprint density at radius 1 is 1.15 bits per heavy atom. The lowest BCUT2D eigenvalue weighted by atomic mass is 10.1. The molecule has 0 atom stereocenters. The molecule has 1 aromatic rings. The van der Waals surface area contributed by atoms with Gasteiger partial charge in [-0.1, -0.05) is 12.5 Å². The molecular formula is C19H33IN4O2. The highest BCUT2D eigenvalue weighted by atomic mass is 127. The molecule has 1 saturated heterocycles. The quantitative estimate of drug-likeness (QED) is 0.249. The predicted molar refractivity (Wildman–Crippen MR) is 118 cm³/mol. The van der Waals surface area contributed by atoms with E-state index in [-0.39, 0.29) is 24.0 Å². The van der Waals surface area contributed by atoms with Gasteiger partial charge in [-0.3, -0.25) is 4.99 Å². The van der Waals surface area contributed by atoms with E-state index in [1.54, 1.807) is 7.11 Å². The molecule has 0 amide bonds. The highest BCUT2D eigenvalue weighted by molar-refractivity contribution is 14.0. The molecule has 2 rings (SSSR count). The molecule has 0 unspecified atom stereocenters. The average Bonchev–Trinajstić information content (AvgIpc) is 2.66. The van der Waals surface area contributed by atoms with Gasteiger partial charge in [-0.05, 0) is 45.0 Å². The highest BCUT2D eigenvalue weighted by Crippen LogP contribution is 2.18. The van der Waals surface area contributed by atoms with Crippen molar-refractivity contribution in [2.45, 2.75) is 26.2 Å². The lowest BCUT2D eigenvalue weighted by molar-refractivity contribution is 0.235. The molecule has 1 aliphatic rings. The molecule has 2 N–H and O–H groups in total. The number of ether oxygens (including phenoxy) is 2. The number of benzene rings is 1. The molecule has 0 radical (unpaired) electrons. The molecule has 26 heavy (non-hydrogen) atoms. The Morgan fingerprint density at radius 2 is 1.92 bits per heavy atom. The molecule has 1 aliphatic heterocycles. The fourth-order valence-electron chi connectivity index (χ4n) is 2.86. The van der Waals surface area contributed by atoms with Crippen LogP contribution in [0.3, 0.4) is 0 Å². The Labute approximate surface area is 174 Å². The standard InChI is InChI=1S/C19H32N4O2.HI/c1-3-20-19(21-10-14-23-12-5-4-6-13-23)22-11-15-25-18-9-7-8-17(16-18)24-2;/h7-9,16H,3-6,10-15H2,1-2H3,(H2,20,21,22);1H. The minimum absolute atomic E-state index is 0. The maximum Gasteiger partial charge on any atom is 0.191 e. The number of guanidine groups is 1. The number of rotatable bonds is 9. The highest BCUT2D eigenvalue weighted by Gasteiger charge is 2.08. The summed E-state index contributed by atoms with van der Waals surface area (Å²) in [6.07, 6.45) is 4.02. The van der Waals surface area contributed by atoms with Crippen LogP contribution in [0.4, 0.5) is 0 Å².